The van der Waals surface area contributed by atoms with Gasteiger partial charge in [0.1, 0.15) is 0 Å². The number of anilines is 1. The fraction of sp³-hybridized carbons (Fsp3) is 0.294. The minimum absolute atomic E-state index is 0.113. The van der Waals surface area contributed by atoms with E-state index < -0.39 is 20.0 Å². The molecule has 2 rings (SSSR count). The highest BCUT2D eigenvalue weighted by molar-refractivity contribution is 7.92. The van der Waals surface area contributed by atoms with Gasteiger partial charge >= 0.3 is 0 Å². The Kier molecular flexibility index (Phi) is 5.55. The number of aryl methyl sites for hydroxylation is 1. The number of nitrogens with one attached hydrogen (secondary N) is 1. The second kappa shape index (κ2) is 7.15. The first-order valence-electron chi connectivity index (χ1n) is 7.71. The maximum absolute atomic E-state index is 12.4. The van der Waals surface area contributed by atoms with Gasteiger partial charge in [-0.3, -0.25) is 4.72 Å². The zero-order valence-electron chi connectivity index (χ0n) is 14.6. The number of benzene rings is 2. The molecule has 0 aliphatic heterocycles. The average Bonchev–Trinajstić information content (AvgIpc) is 2.54. The lowest BCUT2D eigenvalue weighted by Gasteiger charge is -2.21. The van der Waals surface area contributed by atoms with E-state index in [1.165, 1.54) is 47.8 Å². The largest absolute Gasteiger partial charge is 0.280 e. The van der Waals surface area contributed by atoms with Gasteiger partial charge in [-0.05, 0) is 57.2 Å². The molecule has 25 heavy (non-hydrogen) atoms. The van der Waals surface area contributed by atoms with Crippen LogP contribution in [0, 0.1) is 6.92 Å². The summed E-state index contributed by atoms with van der Waals surface area (Å²) in [4.78, 5) is 0.260. The van der Waals surface area contributed by atoms with Crippen molar-refractivity contribution in [2.45, 2.75) is 36.6 Å². The fourth-order valence-electron chi connectivity index (χ4n) is 2.07. The van der Waals surface area contributed by atoms with Gasteiger partial charge in [0, 0.05) is 18.8 Å². The van der Waals surface area contributed by atoms with Crippen LogP contribution >= 0.6 is 0 Å². The molecule has 8 heteroatoms. The number of hydrogen-bond donors (Lipinski definition) is 1. The van der Waals surface area contributed by atoms with Gasteiger partial charge in [0.2, 0.25) is 10.0 Å². The maximum atomic E-state index is 12.4. The standard InChI is InChI=1S/C17H22N2O4S2/c1-13(2)19(4)25(22,23)17-11-7-15(8-12-17)18-24(20,21)16-9-5-14(3)6-10-16/h5-13,18H,1-4H3. The van der Waals surface area contributed by atoms with E-state index in [-0.39, 0.29) is 15.8 Å². The molecule has 0 aromatic heterocycles. The predicted octanol–water partition coefficient (Wildman–Crippen LogP) is 2.82. The summed E-state index contributed by atoms with van der Waals surface area (Å²) in [6.07, 6.45) is 0. The Labute approximate surface area is 149 Å². The van der Waals surface area contributed by atoms with Crippen LogP contribution in [0.5, 0.6) is 0 Å². The Morgan fingerprint density at radius 3 is 1.80 bits per heavy atom. The molecular formula is C17H22N2O4S2. The van der Waals surface area contributed by atoms with Gasteiger partial charge in [-0.2, -0.15) is 4.31 Å². The third-order valence-corrected chi connectivity index (χ3v) is 7.29. The van der Waals surface area contributed by atoms with Crippen molar-refractivity contribution < 1.29 is 16.8 Å². The Balaban J connectivity index is 2.25. The molecule has 2 aromatic rings. The Morgan fingerprint density at radius 2 is 1.32 bits per heavy atom. The van der Waals surface area contributed by atoms with Crippen LogP contribution in [0.3, 0.4) is 0 Å². The summed E-state index contributed by atoms with van der Waals surface area (Å²) in [5.74, 6) is 0. The van der Waals surface area contributed by atoms with Gasteiger partial charge < -0.3 is 0 Å². The minimum Gasteiger partial charge on any atom is -0.280 e. The van der Waals surface area contributed by atoms with E-state index in [4.69, 9.17) is 0 Å². The molecule has 0 heterocycles. The summed E-state index contributed by atoms with van der Waals surface area (Å²) in [5, 5.41) is 0. The molecule has 0 radical (unpaired) electrons. The Morgan fingerprint density at radius 1 is 0.840 bits per heavy atom. The zero-order valence-corrected chi connectivity index (χ0v) is 16.2. The van der Waals surface area contributed by atoms with Crippen LogP contribution in [0.1, 0.15) is 19.4 Å². The molecule has 6 nitrogen and oxygen atoms in total. The molecule has 0 aliphatic carbocycles. The first-order chi connectivity index (χ1) is 11.5. The normalized spacial score (nSPS) is 12.6. The van der Waals surface area contributed by atoms with Gasteiger partial charge in [0.05, 0.1) is 9.79 Å². The van der Waals surface area contributed by atoms with Crippen LogP contribution in [-0.4, -0.2) is 34.2 Å². The van der Waals surface area contributed by atoms with E-state index in [1.807, 2.05) is 6.92 Å². The molecule has 1 N–H and O–H groups in total. The number of nitrogens with zero attached hydrogens (tertiary/aromatic N) is 1. The average molecular weight is 383 g/mol. The fourth-order valence-corrected chi connectivity index (χ4v) is 4.50. The second-order valence-electron chi connectivity index (χ2n) is 6.06. The molecule has 0 bridgehead atoms. The van der Waals surface area contributed by atoms with Crippen molar-refractivity contribution in [3.8, 4) is 0 Å². The van der Waals surface area contributed by atoms with Crippen molar-refractivity contribution in [3.63, 3.8) is 0 Å². The quantitative estimate of drug-likeness (QED) is 0.833. The highest BCUT2D eigenvalue weighted by atomic mass is 32.2. The smallest absolute Gasteiger partial charge is 0.261 e. The molecule has 0 saturated carbocycles. The summed E-state index contributed by atoms with van der Waals surface area (Å²) < 4.78 is 53.2. The van der Waals surface area contributed by atoms with Crippen molar-refractivity contribution in [3.05, 3.63) is 54.1 Å². The summed E-state index contributed by atoms with van der Waals surface area (Å²) in [6, 6.07) is 12.0. The summed E-state index contributed by atoms with van der Waals surface area (Å²) in [7, 11) is -5.81. The van der Waals surface area contributed by atoms with Gasteiger partial charge in [-0.25, -0.2) is 16.8 Å². The minimum atomic E-state index is -3.72. The first kappa shape index (κ1) is 19.4. The molecule has 0 atom stereocenters. The number of rotatable bonds is 6. The lowest BCUT2D eigenvalue weighted by atomic mass is 10.2. The summed E-state index contributed by atoms with van der Waals surface area (Å²) in [6.45, 7) is 5.43. The van der Waals surface area contributed by atoms with E-state index in [0.717, 1.165) is 5.56 Å². The van der Waals surface area contributed by atoms with Crippen LogP contribution in [0.4, 0.5) is 5.69 Å². The van der Waals surface area contributed by atoms with E-state index in [0.29, 0.717) is 5.69 Å². The highest BCUT2D eigenvalue weighted by Crippen LogP contribution is 2.21. The van der Waals surface area contributed by atoms with E-state index >= 15 is 0 Å². The van der Waals surface area contributed by atoms with Crippen LogP contribution in [0.2, 0.25) is 0 Å². The molecule has 2 aromatic carbocycles. The van der Waals surface area contributed by atoms with Crippen molar-refractivity contribution in [1.82, 2.24) is 4.31 Å². The summed E-state index contributed by atoms with van der Waals surface area (Å²) in [5.41, 5.74) is 1.26. The van der Waals surface area contributed by atoms with E-state index in [2.05, 4.69) is 4.72 Å². The first-order valence-corrected chi connectivity index (χ1v) is 10.6. The van der Waals surface area contributed by atoms with Crippen molar-refractivity contribution >= 4 is 25.7 Å². The Bertz CT molecular complexity index is 933. The molecule has 0 fully saturated rings. The number of hydrogen-bond acceptors (Lipinski definition) is 4. The summed E-state index contributed by atoms with van der Waals surface area (Å²) >= 11 is 0. The maximum Gasteiger partial charge on any atom is 0.261 e. The van der Waals surface area contributed by atoms with Gasteiger partial charge in [0.15, 0.2) is 0 Å². The second-order valence-corrected chi connectivity index (χ2v) is 9.74. The molecule has 0 saturated heterocycles. The lowest BCUT2D eigenvalue weighted by molar-refractivity contribution is 0.410. The van der Waals surface area contributed by atoms with Gasteiger partial charge in [-0.15, -0.1) is 0 Å². The lowest BCUT2D eigenvalue weighted by Crippen LogP contribution is -2.33. The number of sulfonamides is 2. The van der Waals surface area contributed by atoms with Crippen LogP contribution < -0.4 is 4.72 Å². The molecule has 0 unspecified atom stereocenters. The third-order valence-electron chi connectivity index (χ3n) is 3.84. The zero-order chi connectivity index (χ0) is 18.8. The molecule has 0 aliphatic rings. The SMILES string of the molecule is Cc1ccc(S(=O)(=O)Nc2ccc(S(=O)(=O)N(C)C(C)C)cc2)cc1. The Hall–Kier alpha value is -1.90. The van der Waals surface area contributed by atoms with Crippen molar-refractivity contribution in [2.75, 3.05) is 11.8 Å². The molecular weight excluding hydrogens is 360 g/mol. The predicted molar refractivity (Wildman–Crippen MR) is 98.5 cm³/mol. The third kappa shape index (κ3) is 4.39. The van der Waals surface area contributed by atoms with Gasteiger partial charge in [0.25, 0.3) is 10.0 Å². The molecule has 136 valence electrons. The van der Waals surface area contributed by atoms with Crippen molar-refractivity contribution in [2.24, 2.45) is 0 Å². The van der Waals surface area contributed by atoms with Crippen LogP contribution in [0.15, 0.2) is 58.3 Å². The van der Waals surface area contributed by atoms with E-state index in [1.54, 1.807) is 26.0 Å². The topological polar surface area (TPSA) is 83.5 Å². The molecule has 0 amide bonds. The highest BCUT2D eigenvalue weighted by Gasteiger charge is 2.23. The van der Waals surface area contributed by atoms with Crippen molar-refractivity contribution in [1.29, 1.82) is 0 Å². The van der Waals surface area contributed by atoms with Gasteiger partial charge in [-0.1, -0.05) is 17.7 Å². The van der Waals surface area contributed by atoms with Crippen LogP contribution in [-0.2, 0) is 20.0 Å². The monoisotopic (exact) mass is 382 g/mol. The molecule has 0 spiro atoms. The van der Waals surface area contributed by atoms with Crippen LogP contribution in [0.25, 0.3) is 0 Å². The van der Waals surface area contributed by atoms with E-state index in [9.17, 15) is 16.8 Å².